The van der Waals surface area contributed by atoms with E-state index in [9.17, 15) is 15.0 Å². The van der Waals surface area contributed by atoms with Gasteiger partial charge in [-0.25, -0.2) is 5.48 Å². The highest BCUT2D eigenvalue weighted by Crippen LogP contribution is 2.36. The Morgan fingerprint density at radius 3 is 2.38 bits per heavy atom. The lowest BCUT2D eigenvalue weighted by molar-refractivity contribution is -0.146. The Balaban J connectivity index is 1.98. The third kappa shape index (κ3) is 5.30. The van der Waals surface area contributed by atoms with Crippen molar-refractivity contribution in [2.45, 2.75) is 63.1 Å². The molecular weight excluding hydrogens is 306 g/mol. The monoisotopic (exact) mass is 334 g/mol. The molecule has 0 unspecified atom stereocenters. The van der Waals surface area contributed by atoms with E-state index < -0.39 is 23.5 Å². The van der Waals surface area contributed by atoms with Crippen LogP contribution < -0.4 is 5.48 Å². The van der Waals surface area contributed by atoms with Gasteiger partial charge in [-0.1, -0.05) is 56.0 Å². The Morgan fingerprint density at radius 1 is 1.17 bits per heavy atom. The summed E-state index contributed by atoms with van der Waals surface area (Å²) in [4.78, 5) is 12.1. The van der Waals surface area contributed by atoms with Crippen molar-refractivity contribution >= 4 is 5.91 Å². The summed E-state index contributed by atoms with van der Waals surface area (Å²) in [7, 11) is 0. The predicted octanol–water partition coefficient (Wildman–Crippen LogP) is 2.39. The number of hydrogen-bond donors (Lipinski definition) is 4. The van der Waals surface area contributed by atoms with Crippen molar-refractivity contribution in [3.05, 3.63) is 42.3 Å². The quantitative estimate of drug-likeness (QED) is 0.350. The Bertz CT molecular complexity index is 497. The maximum absolute atomic E-state index is 12.1. The molecule has 133 valence electrons. The van der Waals surface area contributed by atoms with Gasteiger partial charge < -0.3 is 10.2 Å². The maximum atomic E-state index is 12.1. The zero-order valence-electron chi connectivity index (χ0n) is 14.0. The van der Waals surface area contributed by atoms with Gasteiger partial charge in [0.25, 0.3) is 0 Å². The first kappa shape index (κ1) is 18.9. The summed E-state index contributed by atoms with van der Waals surface area (Å²) in [6.07, 6.45) is 6.46. The molecule has 1 aliphatic carbocycles. The highest BCUT2D eigenvalue weighted by Gasteiger charge is 2.42. The van der Waals surface area contributed by atoms with E-state index in [-0.39, 0.29) is 6.42 Å². The second-order valence-electron chi connectivity index (χ2n) is 6.77. The topological polar surface area (TPSA) is 89.8 Å². The first-order valence-electron chi connectivity index (χ1n) is 8.77. The molecule has 0 bridgehead atoms. The van der Waals surface area contributed by atoms with Gasteiger partial charge in [-0.15, -0.1) is 0 Å². The van der Waals surface area contributed by atoms with E-state index in [1.165, 1.54) is 0 Å². The molecule has 4 N–H and O–H groups in total. The number of nitrogens with one attached hydrogen (secondary N) is 1. The second-order valence-corrected chi connectivity index (χ2v) is 6.77. The average molecular weight is 334 g/mol. The molecule has 2 rings (SSSR count). The maximum Gasteiger partial charge on any atom is 0.249 e. The zero-order valence-corrected chi connectivity index (χ0v) is 14.0. The first-order chi connectivity index (χ1) is 11.5. The summed E-state index contributed by atoms with van der Waals surface area (Å²) in [6.45, 7) is 0. The van der Waals surface area contributed by atoms with Crippen LogP contribution in [0.15, 0.2) is 30.3 Å². The summed E-state index contributed by atoms with van der Waals surface area (Å²) in [5, 5.41) is 30.3. The van der Waals surface area contributed by atoms with E-state index in [1.807, 2.05) is 30.3 Å². The fourth-order valence-corrected chi connectivity index (χ4v) is 3.56. The average Bonchev–Trinajstić information content (AvgIpc) is 2.83. The highest BCUT2D eigenvalue weighted by atomic mass is 16.5. The SMILES string of the molecule is O=C(NO)[C@@H](C[C@@H](O)[CH]Cc1ccccc1)C1(O)CCCCCC1. The van der Waals surface area contributed by atoms with Gasteiger partial charge in [-0.2, -0.15) is 0 Å². The highest BCUT2D eigenvalue weighted by molar-refractivity contribution is 5.78. The lowest BCUT2D eigenvalue weighted by Crippen LogP contribution is -2.47. The van der Waals surface area contributed by atoms with E-state index in [4.69, 9.17) is 5.21 Å². The fraction of sp³-hybridized carbons (Fsp3) is 0.579. The third-order valence-corrected chi connectivity index (χ3v) is 4.99. The van der Waals surface area contributed by atoms with Gasteiger partial charge in [0.15, 0.2) is 0 Å². The summed E-state index contributed by atoms with van der Waals surface area (Å²) in [6, 6.07) is 9.75. The summed E-state index contributed by atoms with van der Waals surface area (Å²) >= 11 is 0. The predicted molar refractivity (Wildman–Crippen MR) is 91.1 cm³/mol. The Labute approximate surface area is 143 Å². The Hall–Kier alpha value is -1.43. The molecule has 2 atom stereocenters. The summed E-state index contributed by atoms with van der Waals surface area (Å²) in [5.74, 6) is -1.44. The molecule has 0 spiro atoms. The molecule has 1 aromatic carbocycles. The molecule has 5 heteroatoms. The Kier molecular flexibility index (Phi) is 7.21. The van der Waals surface area contributed by atoms with E-state index in [0.29, 0.717) is 19.3 Å². The van der Waals surface area contributed by atoms with Crippen molar-refractivity contribution in [1.29, 1.82) is 0 Å². The van der Waals surface area contributed by atoms with Crippen molar-refractivity contribution < 1.29 is 20.2 Å². The molecule has 1 aromatic rings. The smallest absolute Gasteiger partial charge is 0.249 e. The number of aliphatic hydroxyl groups is 2. The molecule has 0 aromatic heterocycles. The zero-order chi connectivity index (χ0) is 17.4. The molecule has 0 saturated heterocycles. The van der Waals surface area contributed by atoms with Crippen LogP contribution in [0.25, 0.3) is 0 Å². The standard InChI is InChI=1S/C19H28NO4/c21-16(11-10-15-8-4-3-5-9-15)14-17(18(22)20-24)19(23)12-6-1-2-7-13-19/h3-5,8-9,11,16-17,21,23-24H,1-2,6-7,10,12-14H2,(H,20,22)/t16-,17+/m0/s1. The number of carbonyl (C=O) groups is 1. The van der Waals surface area contributed by atoms with Gasteiger partial charge in [0.1, 0.15) is 0 Å². The van der Waals surface area contributed by atoms with Gasteiger partial charge >= 0.3 is 0 Å². The van der Waals surface area contributed by atoms with Crippen LogP contribution in [0.2, 0.25) is 0 Å². The van der Waals surface area contributed by atoms with Gasteiger partial charge in [0, 0.05) is 0 Å². The molecule has 1 aliphatic rings. The van der Waals surface area contributed by atoms with Crippen LogP contribution in [-0.4, -0.2) is 33.0 Å². The van der Waals surface area contributed by atoms with Crippen molar-refractivity contribution in [3.8, 4) is 0 Å². The van der Waals surface area contributed by atoms with Crippen LogP contribution in [0.5, 0.6) is 0 Å². The van der Waals surface area contributed by atoms with Gasteiger partial charge in [0.2, 0.25) is 5.91 Å². The van der Waals surface area contributed by atoms with Gasteiger partial charge in [-0.05, 0) is 37.7 Å². The van der Waals surface area contributed by atoms with Gasteiger partial charge in [-0.3, -0.25) is 10.0 Å². The molecule has 1 fully saturated rings. The fourth-order valence-electron chi connectivity index (χ4n) is 3.56. The lowest BCUT2D eigenvalue weighted by Gasteiger charge is -2.35. The molecule has 1 saturated carbocycles. The summed E-state index contributed by atoms with van der Waals surface area (Å²) in [5.41, 5.74) is 1.58. The molecule has 0 heterocycles. The van der Waals surface area contributed by atoms with Crippen molar-refractivity contribution in [2.24, 2.45) is 5.92 Å². The van der Waals surface area contributed by atoms with E-state index in [2.05, 4.69) is 0 Å². The van der Waals surface area contributed by atoms with Crippen LogP contribution in [0.3, 0.4) is 0 Å². The minimum Gasteiger partial charge on any atom is -0.393 e. The number of hydroxylamine groups is 1. The van der Waals surface area contributed by atoms with E-state index >= 15 is 0 Å². The number of hydrogen-bond acceptors (Lipinski definition) is 4. The van der Waals surface area contributed by atoms with Crippen LogP contribution >= 0.6 is 0 Å². The molecule has 1 radical (unpaired) electrons. The number of rotatable bonds is 7. The van der Waals surface area contributed by atoms with Crippen LogP contribution in [0.4, 0.5) is 0 Å². The molecular formula is C19H28NO4. The third-order valence-electron chi connectivity index (χ3n) is 4.99. The van der Waals surface area contributed by atoms with Crippen molar-refractivity contribution in [2.75, 3.05) is 0 Å². The molecule has 0 aliphatic heterocycles. The van der Waals surface area contributed by atoms with Crippen LogP contribution in [0.1, 0.15) is 50.5 Å². The van der Waals surface area contributed by atoms with Crippen LogP contribution in [-0.2, 0) is 11.2 Å². The molecule has 1 amide bonds. The Morgan fingerprint density at radius 2 is 1.79 bits per heavy atom. The second kappa shape index (κ2) is 9.16. The number of amides is 1. The summed E-state index contributed by atoms with van der Waals surface area (Å²) < 4.78 is 0. The van der Waals surface area contributed by atoms with Gasteiger partial charge in [0.05, 0.1) is 17.6 Å². The largest absolute Gasteiger partial charge is 0.393 e. The van der Waals surface area contributed by atoms with E-state index in [0.717, 1.165) is 31.2 Å². The molecule has 24 heavy (non-hydrogen) atoms. The minimum atomic E-state index is -1.16. The number of benzene rings is 1. The number of aliphatic hydroxyl groups excluding tert-OH is 1. The number of carbonyl (C=O) groups excluding carboxylic acids is 1. The van der Waals surface area contributed by atoms with Crippen molar-refractivity contribution in [1.82, 2.24) is 5.48 Å². The lowest BCUT2D eigenvalue weighted by atomic mass is 9.77. The van der Waals surface area contributed by atoms with E-state index in [1.54, 1.807) is 11.9 Å². The normalized spacial score (nSPS) is 20.0. The van der Waals surface area contributed by atoms with Crippen molar-refractivity contribution in [3.63, 3.8) is 0 Å². The minimum absolute atomic E-state index is 0.107. The first-order valence-corrected chi connectivity index (χ1v) is 8.77. The van der Waals surface area contributed by atoms with Crippen LogP contribution in [0, 0.1) is 12.3 Å². The molecule has 5 nitrogen and oxygen atoms in total.